The maximum absolute atomic E-state index is 15.2. The maximum atomic E-state index is 15.2. The molecule has 31 heavy (non-hydrogen) atoms. The molecule has 2 fully saturated rings. The van der Waals surface area contributed by atoms with Crippen molar-refractivity contribution in [2.45, 2.75) is 116 Å². The van der Waals surface area contributed by atoms with E-state index in [1.165, 1.54) is 94.6 Å². The molecule has 1 aromatic carbocycles. The minimum absolute atomic E-state index is 0.113. The molecular formula is C30H45F. The molecule has 0 aromatic heterocycles. The van der Waals surface area contributed by atoms with Crippen molar-refractivity contribution >= 4 is 0 Å². The van der Waals surface area contributed by atoms with Crippen molar-refractivity contribution in [3.63, 3.8) is 0 Å². The van der Waals surface area contributed by atoms with E-state index >= 15 is 4.39 Å². The number of unbranched alkanes of at least 4 members (excludes halogenated alkanes) is 4. The normalized spacial score (nSPS) is 30.9. The summed E-state index contributed by atoms with van der Waals surface area (Å²) in [5.41, 5.74) is 3.73. The summed E-state index contributed by atoms with van der Waals surface area (Å²) < 4.78 is 15.2. The predicted octanol–water partition coefficient (Wildman–Crippen LogP) is 9.17. The van der Waals surface area contributed by atoms with Crippen LogP contribution in [0, 0.1) is 29.5 Å². The molecule has 0 aliphatic heterocycles. The van der Waals surface area contributed by atoms with Gasteiger partial charge in [0.2, 0.25) is 0 Å². The topological polar surface area (TPSA) is 0 Å². The second-order valence-electron chi connectivity index (χ2n) is 11.1. The van der Waals surface area contributed by atoms with Crippen molar-refractivity contribution in [2.24, 2.45) is 23.7 Å². The second kappa shape index (κ2) is 11.2. The molecule has 1 aromatic rings. The summed E-state index contributed by atoms with van der Waals surface area (Å²) in [4.78, 5) is 0. The molecule has 0 spiro atoms. The maximum Gasteiger partial charge on any atom is 0.126 e. The molecule has 0 bridgehead atoms. The first-order chi connectivity index (χ1) is 15.2. The van der Waals surface area contributed by atoms with E-state index < -0.39 is 0 Å². The van der Waals surface area contributed by atoms with Gasteiger partial charge in [-0.3, -0.25) is 0 Å². The van der Waals surface area contributed by atoms with Crippen LogP contribution in [0.4, 0.5) is 4.39 Å². The third-order valence-corrected chi connectivity index (χ3v) is 8.93. The summed E-state index contributed by atoms with van der Waals surface area (Å²) in [5.74, 6) is 4.00. The van der Waals surface area contributed by atoms with Crippen LogP contribution in [0.15, 0.2) is 24.3 Å². The summed E-state index contributed by atoms with van der Waals surface area (Å²) in [6, 6.07) is 4.37. The average Bonchev–Trinajstić information content (AvgIpc) is 2.79. The zero-order valence-electron chi connectivity index (χ0n) is 20.2. The van der Waals surface area contributed by atoms with Gasteiger partial charge in [-0.15, -0.1) is 0 Å². The lowest BCUT2D eigenvalue weighted by molar-refractivity contribution is 0.133. The summed E-state index contributed by atoms with van der Waals surface area (Å²) in [7, 11) is 0. The molecule has 4 rings (SSSR count). The van der Waals surface area contributed by atoms with Gasteiger partial charge in [0.1, 0.15) is 5.82 Å². The van der Waals surface area contributed by atoms with Gasteiger partial charge in [0.05, 0.1) is 0 Å². The monoisotopic (exact) mass is 424 g/mol. The lowest BCUT2D eigenvalue weighted by Crippen LogP contribution is -2.30. The molecule has 5 atom stereocenters. The van der Waals surface area contributed by atoms with Crippen LogP contribution in [0.2, 0.25) is 0 Å². The summed E-state index contributed by atoms with van der Waals surface area (Å²) in [6.45, 7) is 4.43. The van der Waals surface area contributed by atoms with Gasteiger partial charge in [0, 0.05) is 0 Å². The molecule has 2 saturated carbocycles. The highest BCUT2D eigenvalue weighted by molar-refractivity contribution is 5.37. The van der Waals surface area contributed by atoms with Crippen molar-refractivity contribution in [3.05, 3.63) is 46.8 Å². The predicted molar refractivity (Wildman–Crippen MR) is 131 cm³/mol. The Balaban J connectivity index is 1.34. The van der Waals surface area contributed by atoms with Crippen LogP contribution in [-0.2, 0) is 12.8 Å². The fourth-order valence-electron chi connectivity index (χ4n) is 7.11. The van der Waals surface area contributed by atoms with E-state index in [0.717, 1.165) is 36.2 Å². The molecule has 0 N–H and O–H groups in total. The van der Waals surface area contributed by atoms with E-state index in [4.69, 9.17) is 0 Å². The van der Waals surface area contributed by atoms with Crippen molar-refractivity contribution in [3.8, 4) is 0 Å². The first-order valence-corrected chi connectivity index (χ1v) is 13.6. The van der Waals surface area contributed by atoms with Gasteiger partial charge in [-0.2, -0.15) is 0 Å². The Morgan fingerprint density at radius 1 is 0.935 bits per heavy atom. The van der Waals surface area contributed by atoms with Crippen LogP contribution in [0.3, 0.4) is 0 Å². The zero-order chi connectivity index (χ0) is 21.6. The van der Waals surface area contributed by atoms with Gasteiger partial charge in [0.25, 0.3) is 0 Å². The number of hydrogen-bond donors (Lipinski definition) is 0. The van der Waals surface area contributed by atoms with Gasteiger partial charge < -0.3 is 0 Å². The standard InChI is InChI=1S/C30H45F/c1-3-5-6-7-8-10-23-12-14-27-20-28(21-30(31)29(27)18-23)26-16-15-24-17-22(9-4-2)11-13-25(24)19-26/h4,9,20-26H,3,5-8,10-19H2,1-2H3/b9-4+. The van der Waals surface area contributed by atoms with E-state index in [1.54, 1.807) is 0 Å². The Morgan fingerprint density at radius 3 is 2.58 bits per heavy atom. The highest BCUT2D eigenvalue weighted by Crippen LogP contribution is 2.48. The van der Waals surface area contributed by atoms with Gasteiger partial charge >= 0.3 is 0 Å². The van der Waals surface area contributed by atoms with Crippen LogP contribution in [0.5, 0.6) is 0 Å². The number of halogens is 1. The lowest BCUT2D eigenvalue weighted by atomic mass is 9.63. The zero-order valence-corrected chi connectivity index (χ0v) is 20.2. The van der Waals surface area contributed by atoms with Crippen LogP contribution in [0.1, 0.15) is 120 Å². The third-order valence-electron chi connectivity index (χ3n) is 8.93. The molecule has 0 amide bonds. The molecule has 1 heteroatoms. The summed E-state index contributed by atoms with van der Waals surface area (Å²) in [6.07, 6.45) is 24.1. The Hall–Kier alpha value is -1.11. The minimum atomic E-state index is 0.113. The number of fused-ring (bicyclic) bond motifs is 2. The average molecular weight is 425 g/mol. The van der Waals surface area contributed by atoms with Crippen molar-refractivity contribution < 1.29 is 4.39 Å². The largest absolute Gasteiger partial charge is 0.207 e. The minimum Gasteiger partial charge on any atom is -0.207 e. The highest BCUT2D eigenvalue weighted by Gasteiger charge is 2.36. The summed E-state index contributed by atoms with van der Waals surface area (Å²) >= 11 is 0. The van der Waals surface area contributed by atoms with E-state index in [0.29, 0.717) is 11.8 Å². The van der Waals surface area contributed by atoms with Gasteiger partial charge in [-0.1, -0.05) is 63.7 Å². The Bertz CT molecular complexity index is 732. The highest BCUT2D eigenvalue weighted by atomic mass is 19.1. The van der Waals surface area contributed by atoms with Gasteiger partial charge in [-0.25, -0.2) is 4.39 Å². The van der Waals surface area contributed by atoms with Gasteiger partial charge in [-0.05, 0) is 117 Å². The first kappa shape index (κ1) is 23.1. The molecule has 0 saturated heterocycles. The number of benzene rings is 1. The van der Waals surface area contributed by atoms with Crippen LogP contribution in [-0.4, -0.2) is 0 Å². The van der Waals surface area contributed by atoms with Crippen LogP contribution in [0.25, 0.3) is 0 Å². The Morgan fingerprint density at radius 2 is 1.74 bits per heavy atom. The van der Waals surface area contributed by atoms with E-state index in [1.807, 2.05) is 6.07 Å². The molecule has 0 nitrogen and oxygen atoms in total. The second-order valence-corrected chi connectivity index (χ2v) is 11.1. The smallest absolute Gasteiger partial charge is 0.126 e. The number of allylic oxidation sites excluding steroid dienone is 2. The molecular weight excluding hydrogens is 379 g/mol. The quantitative estimate of drug-likeness (QED) is 0.288. The summed E-state index contributed by atoms with van der Waals surface area (Å²) in [5, 5.41) is 0. The number of aryl methyl sites for hydroxylation is 1. The number of rotatable bonds is 8. The Kier molecular flexibility index (Phi) is 8.30. The molecule has 5 unspecified atom stereocenters. The molecule has 0 radical (unpaired) electrons. The fraction of sp³-hybridized carbons (Fsp3) is 0.733. The fourth-order valence-corrected chi connectivity index (χ4v) is 7.11. The van der Waals surface area contributed by atoms with Crippen molar-refractivity contribution in [1.29, 1.82) is 0 Å². The SMILES string of the molecule is C/C=C/C1CCC2CC(c3cc(F)c4c(c3)CCC(CCCCCCC)C4)CCC2C1. The molecule has 172 valence electrons. The van der Waals surface area contributed by atoms with Crippen LogP contribution < -0.4 is 0 Å². The Labute approximate surface area is 191 Å². The van der Waals surface area contributed by atoms with Crippen molar-refractivity contribution in [2.75, 3.05) is 0 Å². The molecule has 0 heterocycles. The molecule has 3 aliphatic rings. The molecule has 3 aliphatic carbocycles. The van der Waals surface area contributed by atoms with Crippen LogP contribution >= 0.6 is 0 Å². The lowest BCUT2D eigenvalue weighted by Gasteiger charge is -2.42. The van der Waals surface area contributed by atoms with Crippen molar-refractivity contribution in [1.82, 2.24) is 0 Å². The van der Waals surface area contributed by atoms with Gasteiger partial charge in [0.15, 0.2) is 0 Å². The first-order valence-electron chi connectivity index (χ1n) is 13.6. The number of hydrogen-bond acceptors (Lipinski definition) is 0. The van der Waals surface area contributed by atoms with E-state index in [2.05, 4.69) is 32.1 Å². The van der Waals surface area contributed by atoms with E-state index in [9.17, 15) is 0 Å². The van der Waals surface area contributed by atoms with E-state index in [-0.39, 0.29) is 5.82 Å². The third kappa shape index (κ3) is 5.82.